The zero-order valence-corrected chi connectivity index (χ0v) is 12.9. The van der Waals surface area contributed by atoms with Crippen molar-refractivity contribution >= 4 is 44.3 Å². The number of hydrogen-bond donors (Lipinski definition) is 0. The molecular weight excluding hydrogens is 300 g/mol. The van der Waals surface area contributed by atoms with Crippen LogP contribution in [0.25, 0.3) is 21.4 Å². The highest BCUT2D eigenvalue weighted by Gasteiger charge is 2.12. The fraction of sp³-hybridized carbons (Fsp3) is 0.0588. The van der Waals surface area contributed by atoms with Crippen LogP contribution in [-0.2, 0) is 0 Å². The average Bonchev–Trinajstić information content (AvgIpc) is 2.92. The number of allylic oxidation sites excluding steroid dienone is 2. The molecule has 4 heteroatoms. The lowest BCUT2D eigenvalue weighted by atomic mass is 10.0. The van der Waals surface area contributed by atoms with E-state index >= 15 is 0 Å². The summed E-state index contributed by atoms with van der Waals surface area (Å²) in [5.74, 6) is 0. The SMILES string of the molecule is C/C(=C(/C#N)c1nc2ccccc2s1)c1ccc(Cl)cc1. The Balaban J connectivity index is 2.14. The fourth-order valence-electron chi connectivity index (χ4n) is 2.12. The molecule has 0 bridgehead atoms. The van der Waals surface area contributed by atoms with Crippen molar-refractivity contribution in [3.63, 3.8) is 0 Å². The van der Waals surface area contributed by atoms with Gasteiger partial charge in [0.1, 0.15) is 11.1 Å². The Morgan fingerprint density at radius 2 is 1.86 bits per heavy atom. The maximum atomic E-state index is 9.52. The summed E-state index contributed by atoms with van der Waals surface area (Å²) >= 11 is 7.45. The van der Waals surface area contributed by atoms with E-state index in [2.05, 4.69) is 11.1 Å². The average molecular weight is 311 g/mol. The quantitative estimate of drug-likeness (QED) is 0.594. The highest BCUT2D eigenvalue weighted by molar-refractivity contribution is 7.19. The Labute approximate surface area is 131 Å². The summed E-state index contributed by atoms with van der Waals surface area (Å²) in [6.45, 7) is 1.94. The molecule has 0 unspecified atom stereocenters. The molecule has 102 valence electrons. The molecule has 0 amide bonds. The number of halogens is 1. The van der Waals surface area contributed by atoms with Crippen LogP contribution in [0, 0.1) is 11.3 Å². The first-order valence-corrected chi connectivity index (χ1v) is 7.61. The van der Waals surface area contributed by atoms with E-state index in [4.69, 9.17) is 11.6 Å². The van der Waals surface area contributed by atoms with Crippen LogP contribution in [0.1, 0.15) is 17.5 Å². The highest BCUT2D eigenvalue weighted by Crippen LogP contribution is 2.31. The third kappa shape index (κ3) is 2.69. The van der Waals surface area contributed by atoms with Crippen molar-refractivity contribution in [2.45, 2.75) is 6.92 Å². The molecule has 0 saturated heterocycles. The highest BCUT2D eigenvalue weighted by atomic mass is 35.5. The summed E-state index contributed by atoms with van der Waals surface area (Å²) in [5, 5.41) is 11.0. The summed E-state index contributed by atoms with van der Waals surface area (Å²) in [6, 6.07) is 17.7. The van der Waals surface area contributed by atoms with Crippen molar-refractivity contribution in [2.75, 3.05) is 0 Å². The smallest absolute Gasteiger partial charge is 0.135 e. The van der Waals surface area contributed by atoms with E-state index in [1.54, 1.807) is 0 Å². The molecule has 1 heterocycles. The third-order valence-electron chi connectivity index (χ3n) is 3.27. The molecule has 3 aromatic rings. The van der Waals surface area contributed by atoms with Crippen molar-refractivity contribution in [1.29, 1.82) is 5.26 Å². The monoisotopic (exact) mass is 310 g/mol. The molecule has 0 aliphatic rings. The van der Waals surface area contributed by atoms with Crippen LogP contribution in [0.2, 0.25) is 5.02 Å². The molecule has 1 aromatic heterocycles. The van der Waals surface area contributed by atoms with Gasteiger partial charge in [0.2, 0.25) is 0 Å². The van der Waals surface area contributed by atoms with Crippen molar-refractivity contribution in [3.8, 4) is 6.07 Å². The maximum absolute atomic E-state index is 9.52. The summed E-state index contributed by atoms with van der Waals surface area (Å²) < 4.78 is 1.09. The number of hydrogen-bond acceptors (Lipinski definition) is 3. The maximum Gasteiger partial charge on any atom is 0.135 e. The molecule has 0 fully saturated rings. The van der Waals surface area contributed by atoms with Gasteiger partial charge < -0.3 is 0 Å². The number of rotatable bonds is 2. The van der Waals surface area contributed by atoms with Crippen molar-refractivity contribution in [3.05, 3.63) is 64.1 Å². The molecule has 0 aliphatic heterocycles. The van der Waals surface area contributed by atoms with Gasteiger partial charge in [0, 0.05) is 5.02 Å². The van der Waals surface area contributed by atoms with E-state index in [-0.39, 0.29) is 0 Å². The van der Waals surface area contributed by atoms with Gasteiger partial charge in [-0.25, -0.2) is 4.98 Å². The third-order valence-corrected chi connectivity index (χ3v) is 4.58. The number of aromatic nitrogens is 1. The second kappa shape index (κ2) is 5.69. The van der Waals surface area contributed by atoms with Gasteiger partial charge in [-0.2, -0.15) is 5.26 Å². The molecule has 0 spiro atoms. The zero-order chi connectivity index (χ0) is 14.8. The summed E-state index contributed by atoms with van der Waals surface area (Å²) in [4.78, 5) is 4.56. The Morgan fingerprint density at radius 3 is 2.52 bits per heavy atom. The van der Waals surface area contributed by atoms with Gasteiger partial charge in [-0.05, 0) is 42.3 Å². The number of nitriles is 1. The van der Waals surface area contributed by atoms with Gasteiger partial charge in [-0.15, -0.1) is 11.3 Å². The lowest BCUT2D eigenvalue weighted by Crippen LogP contribution is -1.87. The lowest BCUT2D eigenvalue weighted by Gasteiger charge is -2.04. The lowest BCUT2D eigenvalue weighted by molar-refractivity contribution is 1.42. The second-order valence-electron chi connectivity index (χ2n) is 4.61. The fourth-order valence-corrected chi connectivity index (χ4v) is 3.26. The zero-order valence-electron chi connectivity index (χ0n) is 11.3. The molecule has 2 nitrogen and oxygen atoms in total. The molecule has 0 radical (unpaired) electrons. The number of fused-ring (bicyclic) bond motifs is 1. The number of nitrogens with zero attached hydrogens (tertiary/aromatic N) is 2. The van der Waals surface area contributed by atoms with Crippen LogP contribution in [0.3, 0.4) is 0 Å². The van der Waals surface area contributed by atoms with Crippen LogP contribution in [0.4, 0.5) is 0 Å². The number of benzene rings is 2. The van der Waals surface area contributed by atoms with Gasteiger partial charge in [-0.1, -0.05) is 35.9 Å². The molecular formula is C17H11ClN2S. The Morgan fingerprint density at radius 1 is 1.14 bits per heavy atom. The first-order chi connectivity index (χ1) is 10.2. The van der Waals surface area contributed by atoms with Crippen LogP contribution in [0.15, 0.2) is 48.5 Å². The minimum atomic E-state index is 0.610. The minimum Gasteiger partial charge on any atom is -0.235 e. The Kier molecular flexibility index (Phi) is 3.74. The Bertz CT molecular complexity index is 837. The van der Waals surface area contributed by atoms with Crippen molar-refractivity contribution in [2.24, 2.45) is 0 Å². The summed E-state index contributed by atoms with van der Waals surface area (Å²) in [6.07, 6.45) is 0. The molecule has 0 atom stereocenters. The van der Waals surface area contributed by atoms with E-state index in [0.717, 1.165) is 26.4 Å². The molecule has 0 aliphatic carbocycles. The molecule has 3 rings (SSSR count). The molecule has 2 aromatic carbocycles. The molecule has 0 saturated carbocycles. The minimum absolute atomic E-state index is 0.610. The van der Waals surface area contributed by atoms with Crippen molar-refractivity contribution in [1.82, 2.24) is 4.98 Å². The number of thiazole rings is 1. The summed E-state index contributed by atoms with van der Waals surface area (Å²) in [7, 11) is 0. The van der Waals surface area contributed by atoms with Gasteiger partial charge in [0.25, 0.3) is 0 Å². The van der Waals surface area contributed by atoms with E-state index < -0.39 is 0 Å². The molecule has 0 N–H and O–H groups in total. The number of para-hydroxylation sites is 1. The van der Waals surface area contributed by atoms with Crippen molar-refractivity contribution < 1.29 is 0 Å². The second-order valence-corrected chi connectivity index (χ2v) is 6.07. The standard InChI is InChI=1S/C17H11ClN2S/c1-11(12-6-8-13(18)9-7-12)14(10-19)17-20-15-4-2-3-5-16(15)21-17/h2-9H,1H3/b14-11+. The normalized spacial score (nSPS) is 12.0. The predicted molar refractivity (Wildman–Crippen MR) is 89.2 cm³/mol. The largest absolute Gasteiger partial charge is 0.235 e. The first kappa shape index (κ1) is 13.8. The van der Waals surface area contributed by atoms with Crippen LogP contribution >= 0.6 is 22.9 Å². The topological polar surface area (TPSA) is 36.7 Å². The predicted octanol–water partition coefficient (Wildman–Crippen LogP) is 5.40. The van der Waals surface area contributed by atoms with E-state index in [9.17, 15) is 5.26 Å². The first-order valence-electron chi connectivity index (χ1n) is 6.42. The molecule has 21 heavy (non-hydrogen) atoms. The summed E-state index contributed by atoms with van der Waals surface area (Å²) in [5.41, 5.74) is 3.43. The Hall–Kier alpha value is -2.15. The van der Waals surface area contributed by atoms with Gasteiger partial charge in [0.15, 0.2) is 0 Å². The van der Waals surface area contributed by atoms with Gasteiger partial charge in [-0.3, -0.25) is 0 Å². The van der Waals surface area contributed by atoms with E-state index in [1.807, 2.05) is 55.5 Å². The van der Waals surface area contributed by atoms with Crippen LogP contribution < -0.4 is 0 Å². The van der Waals surface area contributed by atoms with Crippen LogP contribution in [0.5, 0.6) is 0 Å². The van der Waals surface area contributed by atoms with Crippen LogP contribution in [-0.4, -0.2) is 4.98 Å². The van der Waals surface area contributed by atoms with E-state index in [0.29, 0.717) is 10.6 Å². The van der Waals surface area contributed by atoms with E-state index in [1.165, 1.54) is 11.3 Å². The van der Waals surface area contributed by atoms with Gasteiger partial charge >= 0.3 is 0 Å². The van der Waals surface area contributed by atoms with Gasteiger partial charge in [0.05, 0.1) is 15.8 Å².